The zero-order chi connectivity index (χ0) is 13.1. The second-order valence-electron chi connectivity index (χ2n) is 5.51. The molecule has 104 valence electrons. The van der Waals surface area contributed by atoms with Gasteiger partial charge < -0.3 is 10.2 Å². The molecule has 0 bridgehead atoms. The van der Waals surface area contributed by atoms with E-state index in [1.54, 1.807) is 0 Å². The van der Waals surface area contributed by atoms with Gasteiger partial charge in [0.05, 0.1) is 10.7 Å². The second-order valence-corrected chi connectivity index (χ2v) is 5.91. The molecule has 0 spiro atoms. The van der Waals surface area contributed by atoms with Gasteiger partial charge in [-0.3, -0.25) is 4.90 Å². The molecule has 0 radical (unpaired) electrons. The van der Waals surface area contributed by atoms with Gasteiger partial charge >= 0.3 is 0 Å². The molecular weight excluding hydrogens is 258 g/mol. The highest BCUT2D eigenvalue weighted by molar-refractivity contribution is 6.33. The maximum absolute atomic E-state index is 6.45. The van der Waals surface area contributed by atoms with E-state index in [1.165, 1.54) is 24.1 Å². The summed E-state index contributed by atoms with van der Waals surface area (Å²) in [6.45, 7) is 7.77. The Morgan fingerprint density at radius 1 is 1.05 bits per heavy atom. The quantitative estimate of drug-likeness (QED) is 0.916. The SMILES string of the molecule is Clc1cc(CN2CCNCC2)ccc1N1CCCC1. The largest absolute Gasteiger partial charge is 0.370 e. The summed E-state index contributed by atoms with van der Waals surface area (Å²) in [6, 6.07) is 6.59. The van der Waals surface area contributed by atoms with Crippen LogP contribution in [-0.2, 0) is 6.54 Å². The zero-order valence-corrected chi connectivity index (χ0v) is 12.1. The molecule has 2 saturated heterocycles. The summed E-state index contributed by atoms with van der Waals surface area (Å²) in [5.74, 6) is 0. The summed E-state index contributed by atoms with van der Waals surface area (Å²) in [6.07, 6.45) is 2.58. The van der Waals surface area contributed by atoms with Gasteiger partial charge in [0.2, 0.25) is 0 Å². The van der Waals surface area contributed by atoms with Gasteiger partial charge in [0, 0.05) is 45.8 Å². The minimum atomic E-state index is 0.912. The van der Waals surface area contributed by atoms with Crippen molar-refractivity contribution in [2.24, 2.45) is 0 Å². The third kappa shape index (κ3) is 3.22. The lowest BCUT2D eigenvalue weighted by Crippen LogP contribution is -2.42. The molecule has 1 N–H and O–H groups in total. The fourth-order valence-electron chi connectivity index (χ4n) is 2.99. The van der Waals surface area contributed by atoms with Gasteiger partial charge in [-0.25, -0.2) is 0 Å². The minimum Gasteiger partial charge on any atom is -0.370 e. The predicted octanol–water partition coefficient (Wildman–Crippen LogP) is 2.35. The Kier molecular flexibility index (Phi) is 4.26. The molecule has 3 nitrogen and oxygen atoms in total. The fraction of sp³-hybridized carbons (Fsp3) is 0.600. The van der Waals surface area contributed by atoms with Crippen LogP contribution >= 0.6 is 11.6 Å². The van der Waals surface area contributed by atoms with Crippen LogP contribution in [0.3, 0.4) is 0 Å². The molecule has 3 rings (SSSR count). The molecule has 1 aromatic rings. The Hall–Kier alpha value is -0.770. The van der Waals surface area contributed by atoms with E-state index in [2.05, 4.69) is 33.3 Å². The van der Waals surface area contributed by atoms with Gasteiger partial charge in [-0.2, -0.15) is 0 Å². The van der Waals surface area contributed by atoms with Gasteiger partial charge in [0.15, 0.2) is 0 Å². The predicted molar refractivity (Wildman–Crippen MR) is 81.0 cm³/mol. The lowest BCUT2D eigenvalue weighted by molar-refractivity contribution is 0.233. The van der Waals surface area contributed by atoms with Crippen LogP contribution in [0.1, 0.15) is 18.4 Å². The Bertz CT molecular complexity index is 423. The van der Waals surface area contributed by atoms with Crippen LogP contribution < -0.4 is 10.2 Å². The van der Waals surface area contributed by atoms with Gasteiger partial charge in [-0.1, -0.05) is 17.7 Å². The van der Waals surface area contributed by atoms with Crippen molar-refractivity contribution in [1.29, 1.82) is 0 Å². The first kappa shape index (κ1) is 13.2. The average molecular weight is 280 g/mol. The molecule has 0 atom stereocenters. The molecule has 19 heavy (non-hydrogen) atoms. The van der Waals surface area contributed by atoms with Gasteiger partial charge in [0.25, 0.3) is 0 Å². The summed E-state index contributed by atoms with van der Waals surface area (Å²) in [4.78, 5) is 4.88. The number of nitrogens with one attached hydrogen (secondary N) is 1. The first-order valence-electron chi connectivity index (χ1n) is 7.29. The van der Waals surface area contributed by atoms with Crippen molar-refractivity contribution in [2.45, 2.75) is 19.4 Å². The summed E-state index contributed by atoms with van der Waals surface area (Å²) in [5.41, 5.74) is 2.54. The number of nitrogens with zero attached hydrogens (tertiary/aromatic N) is 2. The number of halogens is 1. The standard InChI is InChI=1S/C15H22ClN3/c16-14-11-13(12-18-9-5-17-6-10-18)3-4-15(14)19-7-1-2-8-19/h3-4,11,17H,1-2,5-10,12H2. The van der Waals surface area contributed by atoms with Gasteiger partial charge in [0.1, 0.15) is 0 Å². The van der Waals surface area contributed by atoms with E-state index in [4.69, 9.17) is 11.6 Å². The van der Waals surface area contributed by atoms with Crippen molar-refractivity contribution < 1.29 is 0 Å². The van der Waals surface area contributed by atoms with Crippen LogP contribution in [0, 0.1) is 0 Å². The van der Waals surface area contributed by atoms with Crippen molar-refractivity contribution in [3.05, 3.63) is 28.8 Å². The highest BCUT2D eigenvalue weighted by atomic mass is 35.5. The summed E-state index contributed by atoms with van der Waals surface area (Å²) in [5, 5.41) is 4.30. The van der Waals surface area contributed by atoms with Crippen molar-refractivity contribution in [3.8, 4) is 0 Å². The van der Waals surface area contributed by atoms with Crippen LogP contribution in [0.2, 0.25) is 5.02 Å². The highest BCUT2D eigenvalue weighted by Crippen LogP contribution is 2.29. The number of piperazine rings is 1. The molecule has 0 unspecified atom stereocenters. The molecule has 0 aromatic heterocycles. The Morgan fingerprint density at radius 2 is 1.79 bits per heavy atom. The second kappa shape index (κ2) is 6.12. The molecule has 0 saturated carbocycles. The first-order valence-corrected chi connectivity index (χ1v) is 7.67. The van der Waals surface area contributed by atoms with E-state index < -0.39 is 0 Å². The highest BCUT2D eigenvalue weighted by Gasteiger charge is 2.16. The molecule has 0 amide bonds. The Balaban J connectivity index is 1.67. The van der Waals surface area contributed by atoms with Crippen LogP contribution in [-0.4, -0.2) is 44.2 Å². The molecule has 0 aliphatic carbocycles. The monoisotopic (exact) mass is 279 g/mol. The Morgan fingerprint density at radius 3 is 2.47 bits per heavy atom. The smallest absolute Gasteiger partial charge is 0.0642 e. The molecular formula is C15H22ClN3. The molecule has 4 heteroatoms. The topological polar surface area (TPSA) is 18.5 Å². The van der Waals surface area contributed by atoms with Crippen LogP contribution in [0.25, 0.3) is 0 Å². The lowest BCUT2D eigenvalue weighted by Gasteiger charge is -2.27. The molecule has 2 fully saturated rings. The number of hydrogen-bond donors (Lipinski definition) is 1. The lowest BCUT2D eigenvalue weighted by atomic mass is 10.1. The third-order valence-electron chi connectivity index (χ3n) is 4.07. The van der Waals surface area contributed by atoms with Crippen LogP contribution in [0.15, 0.2) is 18.2 Å². The molecule has 2 aliphatic rings. The molecule has 1 aromatic carbocycles. The first-order chi connectivity index (χ1) is 9.33. The van der Waals surface area contributed by atoms with E-state index in [1.807, 2.05) is 0 Å². The third-order valence-corrected chi connectivity index (χ3v) is 4.38. The minimum absolute atomic E-state index is 0.912. The van der Waals surface area contributed by atoms with E-state index in [0.29, 0.717) is 0 Å². The maximum atomic E-state index is 6.45. The van der Waals surface area contributed by atoms with Crippen LogP contribution in [0.4, 0.5) is 5.69 Å². The normalized spacial score (nSPS) is 21.0. The number of hydrogen-bond acceptors (Lipinski definition) is 3. The van der Waals surface area contributed by atoms with Crippen molar-refractivity contribution in [3.63, 3.8) is 0 Å². The Labute approximate surface area is 120 Å². The average Bonchev–Trinajstić information content (AvgIpc) is 2.94. The van der Waals surface area contributed by atoms with Gasteiger partial charge in [-0.15, -0.1) is 0 Å². The fourth-order valence-corrected chi connectivity index (χ4v) is 3.31. The van der Waals surface area contributed by atoms with E-state index in [-0.39, 0.29) is 0 Å². The van der Waals surface area contributed by atoms with Crippen molar-refractivity contribution in [1.82, 2.24) is 10.2 Å². The van der Waals surface area contributed by atoms with E-state index >= 15 is 0 Å². The van der Waals surface area contributed by atoms with Crippen LogP contribution in [0.5, 0.6) is 0 Å². The van der Waals surface area contributed by atoms with Crippen molar-refractivity contribution in [2.75, 3.05) is 44.2 Å². The summed E-state index contributed by atoms with van der Waals surface area (Å²) in [7, 11) is 0. The number of anilines is 1. The maximum Gasteiger partial charge on any atom is 0.0642 e. The van der Waals surface area contributed by atoms with E-state index in [0.717, 1.165) is 50.8 Å². The molecule has 2 aliphatic heterocycles. The number of rotatable bonds is 3. The van der Waals surface area contributed by atoms with E-state index in [9.17, 15) is 0 Å². The zero-order valence-electron chi connectivity index (χ0n) is 11.4. The van der Waals surface area contributed by atoms with Crippen molar-refractivity contribution >= 4 is 17.3 Å². The summed E-state index contributed by atoms with van der Waals surface area (Å²) >= 11 is 6.45. The summed E-state index contributed by atoms with van der Waals surface area (Å²) < 4.78 is 0. The molecule has 2 heterocycles. The number of benzene rings is 1. The van der Waals surface area contributed by atoms with Gasteiger partial charge in [-0.05, 0) is 30.5 Å².